The molecule has 0 saturated heterocycles. The van der Waals surface area contributed by atoms with Gasteiger partial charge in [0.25, 0.3) is 0 Å². The van der Waals surface area contributed by atoms with Crippen LogP contribution in [0.25, 0.3) is 11.3 Å². The number of nitrogens with zero attached hydrogens (tertiary/aromatic N) is 1. The first-order valence-corrected chi connectivity index (χ1v) is 8.66. The third-order valence-corrected chi connectivity index (χ3v) is 4.08. The van der Waals surface area contributed by atoms with Gasteiger partial charge in [-0.15, -0.1) is 0 Å². The van der Waals surface area contributed by atoms with E-state index in [4.69, 9.17) is 4.11 Å². The maximum Gasteiger partial charge on any atom is 0.0704 e. The third-order valence-electron chi connectivity index (χ3n) is 4.08. The zero-order valence-electron chi connectivity index (χ0n) is 18.4. The first-order chi connectivity index (χ1) is 13.0. The summed E-state index contributed by atoms with van der Waals surface area (Å²) in [7, 11) is 0. The Morgan fingerprint density at radius 2 is 1.68 bits per heavy atom. The predicted octanol–water partition coefficient (Wildman–Crippen LogP) is 6.49. The highest BCUT2D eigenvalue weighted by molar-refractivity contribution is 5.61. The van der Waals surface area contributed by atoms with Gasteiger partial charge >= 0.3 is 0 Å². The molecule has 25 heavy (non-hydrogen) atoms. The summed E-state index contributed by atoms with van der Waals surface area (Å²) >= 11 is 0. The van der Waals surface area contributed by atoms with E-state index in [0.717, 1.165) is 22.4 Å². The highest BCUT2D eigenvalue weighted by Gasteiger charge is 2.13. The smallest absolute Gasteiger partial charge is 0.0704 e. The standard InChI is InChI=1S/C24H27N/c1-18(20-9-6-5-7-10-20)21-11-8-12-22(16-21)23-15-19(13-14-25-23)17-24(2,3)4/h5-16,18H,17H2,1-4H3/i17D2,18D. The Labute approximate surface area is 156 Å². The molecule has 2 aromatic carbocycles. The van der Waals surface area contributed by atoms with Crippen molar-refractivity contribution in [2.75, 3.05) is 0 Å². The molecular formula is C24H27N. The minimum Gasteiger partial charge on any atom is -0.256 e. The van der Waals surface area contributed by atoms with Crippen molar-refractivity contribution in [2.45, 2.75) is 40.0 Å². The highest BCUT2D eigenvalue weighted by Crippen LogP contribution is 2.28. The van der Waals surface area contributed by atoms with E-state index in [-0.39, 0.29) is 0 Å². The number of aromatic nitrogens is 1. The van der Waals surface area contributed by atoms with E-state index in [9.17, 15) is 0 Å². The Balaban J connectivity index is 2.03. The second-order valence-corrected chi connectivity index (χ2v) is 7.38. The van der Waals surface area contributed by atoms with Crippen molar-refractivity contribution in [3.8, 4) is 11.3 Å². The molecule has 0 fully saturated rings. The van der Waals surface area contributed by atoms with Crippen LogP contribution in [0.3, 0.4) is 0 Å². The molecule has 0 amide bonds. The molecule has 1 heterocycles. The van der Waals surface area contributed by atoms with Crippen molar-refractivity contribution < 1.29 is 4.11 Å². The van der Waals surface area contributed by atoms with Crippen LogP contribution in [0, 0.1) is 5.41 Å². The first kappa shape index (κ1) is 13.8. The van der Waals surface area contributed by atoms with E-state index in [1.165, 1.54) is 0 Å². The van der Waals surface area contributed by atoms with Gasteiger partial charge in [0.1, 0.15) is 0 Å². The molecule has 0 aliphatic rings. The molecule has 3 aromatic rings. The van der Waals surface area contributed by atoms with Crippen LogP contribution in [0.2, 0.25) is 0 Å². The number of benzene rings is 2. The Hall–Kier alpha value is -2.41. The molecule has 1 aromatic heterocycles. The van der Waals surface area contributed by atoms with Gasteiger partial charge in [-0.05, 0) is 46.7 Å². The van der Waals surface area contributed by atoms with Crippen molar-refractivity contribution >= 4 is 0 Å². The molecule has 0 aliphatic heterocycles. The van der Waals surface area contributed by atoms with E-state index in [1.54, 1.807) is 12.3 Å². The summed E-state index contributed by atoms with van der Waals surface area (Å²) in [6.07, 6.45) is 0.189. The molecule has 0 bridgehead atoms. The second-order valence-electron chi connectivity index (χ2n) is 7.38. The SMILES string of the molecule is [2H]C(C)(c1ccccc1)c1cccc(-c2cc(C([2H])([2H])C(C)(C)C)ccn2)c1. The average molecular weight is 333 g/mol. The average Bonchev–Trinajstić information content (AvgIpc) is 2.68. The number of pyridine rings is 1. The summed E-state index contributed by atoms with van der Waals surface area (Å²) in [5, 5.41) is 0. The maximum atomic E-state index is 8.91. The van der Waals surface area contributed by atoms with Crippen LogP contribution < -0.4 is 0 Å². The third kappa shape index (κ3) is 4.57. The van der Waals surface area contributed by atoms with Crippen molar-refractivity contribution in [1.29, 1.82) is 0 Å². The quantitative estimate of drug-likeness (QED) is 0.532. The summed E-state index contributed by atoms with van der Waals surface area (Å²) in [6, 6.07) is 21.2. The van der Waals surface area contributed by atoms with Crippen LogP contribution in [-0.4, -0.2) is 4.98 Å². The van der Waals surface area contributed by atoms with Gasteiger partial charge in [0.2, 0.25) is 0 Å². The molecule has 3 rings (SSSR count). The van der Waals surface area contributed by atoms with Gasteiger partial charge in [-0.2, -0.15) is 0 Å². The molecule has 1 heteroatoms. The van der Waals surface area contributed by atoms with Crippen molar-refractivity contribution in [3.05, 3.63) is 89.6 Å². The van der Waals surface area contributed by atoms with Crippen LogP contribution >= 0.6 is 0 Å². The predicted molar refractivity (Wildman–Crippen MR) is 107 cm³/mol. The van der Waals surface area contributed by atoms with Crippen LogP contribution in [0.4, 0.5) is 0 Å². The lowest BCUT2D eigenvalue weighted by Crippen LogP contribution is -2.09. The molecule has 1 atom stereocenters. The fraction of sp³-hybridized carbons (Fsp3) is 0.292. The summed E-state index contributed by atoms with van der Waals surface area (Å²) in [4.78, 5) is 4.47. The summed E-state index contributed by atoms with van der Waals surface area (Å²) in [6.45, 7) is 7.60. The van der Waals surface area contributed by atoms with E-state index >= 15 is 0 Å². The van der Waals surface area contributed by atoms with Gasteiger partial charge < -0.3 is 0 Å². The van der Waals surface area contributed by atoms with Crippen molar-refractivity contribution in [3.63, 3.8) is 0 Å². The molecule has 0 N–H and O–H groups in total. The van der Waals surface area contributed by atoms with Gasteiger partial charge in [0, 0.05) is 21.8 Å². The number of rotatable bonds is 4. The summed E-state index contributed by atoms with van der Waals surface area (Å²) in [5.74, 6) is -0.880. The Kier molecular flexibility index (Phi) is 4.00. The highest BCUT2D eigenvalue weighted by atomic mass is 14.7. The van der Waals surface area contributed by atoms with Gasteiger partial charge in [-0.1, -0.05) is 76.2 Å². The zero-order chi connectivity index (χ0) is 20.6. The number of hydrogen-bond donors (Lipinski definition) is 0. The van der Waals surface area contributed by atoms with E-state index in [2.05, 4.69) is 4.98 Å². The van der Waals surface area contributed by atoms with Crippen LogP contribution in [0.1, 0.15) is 54.4 Å². The Bertz CT molecular complexity index is 957. The fourth-order valence-corrected chi connectivity index (χ4v) is 2.87. The minimum atomic E-state index is -1.48. The Morgan fingerprint density at radius 3 is 2.40 bits per heavy atom. The van der Waals surface area contributed by atoms with Gasteiger partial charge in [-0.3, -0.25) is 4.98 Å². The molecule has 1 nitrogen and oxygen atoms in total. The van der Waals surface area contributed by atoms with Gasteiger partial charge in [0.15, 0.2) is 0 Å². The molecular weight excluding hydrogens is 302 g/mol. The lowest BCUT2D eigenvalue weighted by atomic mass is 9.88. The van der Waals surface area contributed by atoms with E-state index in [0.29, 0.717) is 5.56 Å². The fourth-order valence-electron chi connectivity index (χ4n) is 2.87. The Morgan fingerprint density at radius 1 is 0.960 bits per heavy atom. The topological polar surface area (TPSA) is 12.9 Å². The van der Waals surface area contributed by atoms with Crippen LogP contribution in [0.15, 0.2) is 72.9 Å². The van der Waals surface area contributed by atoms with Gasteiger partial charge in [0.05, 0.1) is 5.69 Å². The monoisotopic (exact) mass is 332 g/mol. The van der Waals surface area contributed by atoms with Crippen molar-refractivity contribution in [1.82, 2.24) is 4.98 Å². The molecule has 0 saturated carbocycles. The maximum absolute atomic E-state index is 8.91. The lowest BCUT2D eigenvalue weighted by Gasteiger charge is -2.18. The lowest BCUT2D eigenvalue weighted by molar-refractivity contribution is 0.411. The molecule has 0 aliphatic carbocycles. The molecule has 1 unspecified atom stereocenters. The summed E-state index contributed by atoms with van der Waals surface area (Å²) < 4.78 is 26.0. The van der Waals surface area contributed by atoms with Crippen LogP contribution in [-0.2, 0) is 6.37 Å². The second kappa shape index (κ2) is 7.23. The molecule has 0 radical (unpaired) electrons. The number of hydrogen-bond acceptors (Lipinski definition) is 1. The van der Waals surface area contributed by atoms with E-state index in [1.807, 2.05) is 88.4 Å². The first-order valence-electron chi connectivity index (χ1n) is 10.2. The normalized spacial score (nSPS) is 16.4. The largest absolute Gasteiger partial charge is 0.256 e. The van der Waals surface area contributed by atoms with Crippen molar-refractivity contribution in [2.24, 2.45) is 5.41 Å². The minimum absolute atomic E-state index is 0.527. The van der Waals surface area contributed by atoms with Gasteiger partial charge in [-0.25, -0.2) is 0 Å². The van der Waals surface area contributed by atoms with E-state index < -0.39 is 17.7 Å². The van der Waals surface area contributed by atoms with Crippen LogP contribution in [0.5, 0.6) is 0 Å². The summed E-state index contributed by atoms with van der Waals surface area (Å²) in [5.41, 5.74) is 3.50. The molecule has 128 valence electrons. The zero-order valence-corrected chi connectivity index (χ0v) is 15.4. The molecule has 0 spiro atoms.